The summed E-state index contributed by atoms with van der Waals surface area (Å²) in [4.78, 5) is 30.2. The van der Waals surface area contributed by atoms with E-state index in [-0.39, 0.29) is 11.7 Å². The number of pyridine rings is 1. The molecule has 1 fully saturated rings. The number of nitrogens with zero attached hydrogens (tertiary/aromatic N) is 5. The molecule has 0 aliphatic carbocycles. The lowest BCUT2D eigenvalue weighted by Gasteiger charge is -2.34. The molecule has 3 aromatic rings. The molecule has 1 aliphatic rings. The van der Waals surface area contributed by atoms with Crippen molar-refractivity contribution in [3.8, 4) is 23.1 Å². The van der Waals surface area contributed by atoms with Crippen molar-refractivity contribution in [1.29, 1.82) is 0 Å². The summed E-state index contributed by atoms with van der Waals surface area (Å²) in [7, 11) is -2.97. The van der Waals surface area contributed by atoms with Gasteiger partial charge in [0.2, 0.25) is 0 Å². The number of aromatic nitrogens is 3. The van der Waals surface area contributed by atoms with E-state index >= 15 is 0 Å². The normalized spacial score (nSPS) is 14.1. The first-order chi connectivity index (χ1) is 18.6. The Morgan fingerprint density at radius 1 is 1.08 bits per heavy atom. The molecule has 2 aromatic heterocycles. The van der Waals surface area contributed by atoms with Gasteiger partial charge in [-0.15, -0.1) is 0 Å². The summed E-state index contributed by atoms with van der Waals surface area (Å²) in [5.41, 5.74) is 9.70. The molecule has 1 saturated heterocycles. The molecule has 39 heavy (non-hydrogen) atoms. The third-order valence-corrected chi connectivity index (χ3v) is 7.84. The van der Waals surface area contributed by atoms with E-state index in [1.807, 2.05) is 13.0 Å². The lowest BCUT2D eigenvalue weighted by atomic mass is 10.0. The van der Waals surface area contributed by atoms with Gasteiger partial charge < -0.3 is 10.6 Å². The van der Waals surface area contributed by atoms with Gasteiger partial charge in [0.25, 0.3) is 5.91 Å². The molecule has 1 aromatic carbocycles. The Morgan fingerprint density at radius 2 is 1.85 bits per heavy atom. The van der Waals surface area contributed by atoms with Crippen LogP contribution < -0.4 is 5.73 Å². The first kappa shape index (κ1) is 28.5. The van der Waals surface area contributed by atoms with Gasteiger partial charge in [-0.05, 0) is 43.7 Å². The average molecular weight is 567 g/mol. The highest BCUT2D eigenvalue weighted by Crippen LogP contribution is 2.28. The summed E-state index contributed by atoms with van der Waals surface area (Å²) in [6.07, 6.45) is 5.63. The van der Waals surface area contributed by atoms with Crippen LogP contribution in [0.1, 0.15) is 40.5 Å². The number of hydrogen-bond donors (Lipinski definition) is 1. The van der Waals surface area contributed by atoms with Gasteiger partial charge in [0, 0.05) is 49.8 Å². The van der Waals surface area contributed by atoms with Gasteiger partial charge in [-0.3, -0.25) is 9.69 Å². The number of sulfone groups is 1. The molecule has 0 radical (unpaired) electrons. The van der Waals surface area contributed by atoms with Gasteiger partial charge >= 0.3 is 0 Å². The van der Waals surface area contributed by atoms with Gasteiger partial charge in [0.15, 0.2) is 0 Å². The maximum atomic E-state index is 13.3. The summed E-state index contributed by atoms with van der Waals surface area (Å²) in [5, 5.41) is 0.339. The summed E-state index contributed by atoms with van der Waals surface area (Å²) < 4.78 is 22.7. The van der Waals surface area contributed by atoms with Crippen molar-refractivity contribution in [2.45, 2.75) is 19.8 Å². The topological polar surface area (TPSA) is 122 Å². The standard InChI is InChI=1S/C28H31ClN6O3S/c1-3-25-23(8-5-20-6-10-26(30)31-18-20)27(33-19-32-25)21-7-9-22(24(29)17-21)28(36)35-14-12-34(13-15-35)11-4-16-39(2,37)38/h6-7,9-10,17-19H,3-4,11-16H2,1-2H3,(H2,30,31). The van der Waals surface area contributed by atoms with E-state index in [1.54, 1.807) is 35.4 Å². The minimum absolute atomic E-state index is 0.130. The third-order valence-electron chi connectivity index (χ3n) is 6.50. The van der Waals surface area contributed by atoms with Crippen molar-refractivity contribution in [3.63, 3.8) is 0 Å². The van der Waals surface area contributed by atoms with Crippen LogP contribution in [0, 0.1) is 11.8 Å². The Bertz CT molecular complexity index is 1510. The van der Waals surface area contributed by atoms with Crippen LogP contribution in [0.15, 0.2) is 42.9 Å². The highest BCUT2D eigenvalue weighted by atomic mass is 35.5. The van der Waals surface area contributed by atoms with E-state index in [0.717, 1.165) is 16.8 Å². The first-order valence-corrected chi connectivity index (χ1v) is 15.1. The van der Waals surface area contributed by atoms with Crippen LogP contribution in [0.4, 0.5) is 5.82 Å². The van der Waals surface area contributed by atoms with Crippen LogP contribution in [-0.4, -0.2) is 83.8 Å². The minimum Gasteiger partial charge on any atom is -0.384 e. The van der Waals surface area contributed by atoms with E-state index in [1.165, 1.54) is 12.6 Å². The average Bonchev–Trinajstić information content (AvgIpc) is 2.92. The van der Waals surface area contributed by atoms with Crippen molar-refractivity contribution < 1.29 is 13.2 Å². The number of nitrogens with two attached hydrogens (primary N) is 1. The largest absolute Gasteiger partial charge is 0.384 e. The number of piperazine rings is 1. The maximum absolute atomic E-state index is 13.3. The number of amides is 1. The van der Waals surface area contributed by atoms with E-state index < -0.39 is 9.84 Å². The van der Waals surface area contributed by atoms with Crippen molar-refractivity contribution in [2.75, 3.05) is 50.5 Å². The zero-order valence-corrected chi connectivity index (χ0v) is 23.6. The zero-order chi connectivity index (χ0) is 28.0. The Balaban J connectivity index is 1.50. The molecule has 1 amide bonds. The van der Waals surface area contributed by atoms with Gasteiger partial charge in [-0.1, -0.05) is 36.4 Å². The van der Waals surface area contributed by atoms with Crippen molar-refractivity contribution in [1.82, 2.24) is 24.8 Å². The van der Waals surface area contributed by atoms with Crippen LogP contribution in [0.5, 0.6) is 0 Å². The molecule has 0 spiro atoms. The van der Waals surface area contributed by atoms with Gasteiger partial charge in [0.1, 0.15) is 22.0 Å². The van der Waals surface area contributed by atoms with Gasteiger partial charge in [0.05, 0.1) is 33.3 Å². The molecule has 11 heteroatoms. The number of nitrogen functional groups attached to an aromatic ring is 1. The zero-order valence-electron chi connectivity index (χ0n) is 22.0. The predicted octanol–water partition coefficient (Wildman–Crippen LogP) is 2.93. The molecule has 2 N–H and O–H groups in total. The molecule has 0 unspecified atom stereocenters. The van der Waals surface area contributed by atoms with E-state index in [0.29, 0.717) is 73.2 Å². The fraction of sp³-hybridized carbons (Fsp3) is 0.357. The van der Waals surface area contributed by atoms with Crippen LogP contribution in [0.3, 0.4) is 0 Å². The summed E-state index contributed by atoms with van der Waals surface area (Å²) >= 11 is 6.63. The molecule has 0 saturated carbocycles. The lowest BCUT2D eigenvalue weighted by Crippen LogP contribution is -2.49. The van der Waals surface area contributed by atoms with Crippen molar-refractivity contribution in [2.24, 2.45) is 0 Å². The number of rotatable bonds is 7. The summed E-state index contributed by atoms with van der Waals surface area (Å²) in [6.45, 7) is 5.20. The molecular formula is C28H31ClN6O3S. The van der Waals surface area contributed by atoms with Gasteiger partial charge in [-0.25, -0.2) is 23.4 Å². The number of benzene rings is 1. The van der Waals surface area contributed by atoms with Crippen LogP contribution in [0.2, 0.25) is 5.02 Å². The molecule has 204 valence electrons. The first-order valence-electron chi connectivity index (χ1n) is 12.7. The number of anilines is 1. The SMILES string of the molecule is CCc1ncnc(-c2ccc(C(=O)N3CCN(CCCS(C)(=O)=O)CC3)c(Cl)c2)c1C#Cc1ccc(N)nc1. The predicted molar refractivity (Wildman–Crippen MR) is 153 cm³/mol. The Hall–Kier alpha value is -3.52. The molecule has 1 aliphatic heterocycles. The number of carbonyl (C=O) groups excluding carboxylic acids is 1. The molecular weight excluding hydrogens is 536 g/mol. The lowest BCUT2D eigenvalue weighted by molar-refractivity contribution is 0.0638. The minimum atomic E-state index is -2.97. The quantitative estimate of drug-likeness (QED) is 0.433. The molecule has 0 bridgehead atoms. The molecule has 3 heterocycles. The molecule has 4 rings (SSSR count). The van der Waals surface area contributed by atoms with E-state index in [2.05, 4.69) is 31.7 Å². The highest BCUT2D eigenvalue weighted by molar-refractivity contribution is 7.90. The van der Waals surface area contributed by atoms with Crippen LogP contribution in [0.25, 0.3) is 11.3 Å². The number of hydrogen-bond acceptors (Lipinski definition) is 8. The summed E-state index contributed by atoms with van der Waals surface area (Å²) in [5.74, 6) is 6.77. The Morgan fingerprint density at radius 3 is 2.49 bits per heavy atom. The maximum Gasteiger partial charge on any atom is 0.255 e. The fourth-order valence-electron chi connectivity index (χ4n) is 4.39. The van der Waals surface area contributed by atoms with E-state index in [9.17, 15) is 13.2 Å². The van der Waals surface area contributed by atoms with Gasteiger partial charge in [-0.2, -0.15) is 0 Å². The van der Waals surface area contributed by atoms with Crippen molar-refractivity contribution in [3.05, 3.63) is 70.3 Å². The third kappa shape index (κ3) is 7.53. The smallest absolute Gasteiger partial charge is 0.255 e. The van der Waals surface area contributed by atoms with Crippen LogP contribution in [-0.2, 0) is 16.3 Å². The summed E-state index contributed by atoms with van der Waals surface area (Å²) in [6, 6.07) is 8.80. The fourth-order valence-corrected chi connectivity index (χ4v) is 5.30. The number of aryl methyl sites for hydroxylation is 1. The van der Waals surface area contributed by atoms with E-state index in [4.69, 9.17) is 17.3 Å². The second kappa shape index (κ2) is 12.6. The second-order valence-corrected chi connectivity index (χ2v) is 12.1. The number of carbonyl (C=O) groups is 1. The second-order valence-electron chi connectivity index (χ2n) is 9.43. The highest BCUT2D eigenvalue weighted by Gasteiger charge is 2.24. The number of halogens is 1. The van der Waals surface area contributed by atoms with Crippen LogP contribution >= 0.6 is 11.6 Å². The molecule has 0 atom stereocenters. The molecule has 9 nitrogen and oxygen atoms in total. The van der Waals surface area contributed by atoms with Crippen molar-refractivity contribution >= 4 is 33.2 Å². The monoisotopic (exact) mass is 566 g/mol. The Kier molecular flexibility index (Phi) is 9.17. The Labute approximate surface area is 234 Å².